The SMILES string of the molecule is Cc1cccc(N2CCN(CCC(=O)Nc3ccc(OC(C)C)cc3)CC2)c1. The highest BCUT2D eigenvalue weighted by Crippen LogP contribution is 2.19. The number of anilines is 2. The summed E-state index contributed by atoms with van der Waals surface area (Å²) >= 11 is 0. The van der Waals surface area contributed by atoms with Gasteiger partial charge in [-0.25, -0.2) is 0 Å². The Morgan fingerprint density at radius 1 is 1.07 bits per heavy atom. The van der Waals surface area contributed by atoms with Crippen LogP contribution in [-0.2, 0) is 4.79 Å². The summed E-state index contributed by atoms with van der Waals surface area (Å²) in [7, 11) is 0. The standard InChI is InChI=1S/C23H31N3O2/c1-18(2)28-22-9-7-20(8-10-22)24-23(27)11-12-25-13-15-26(16-14-25)21-6-4-5-19(3)17-21/h4-10,17-18H,11-16H2,1-3H3,(H,24,27). The van der Waals surface area contributed by atoms with Gasteiger partial charge >= 0.3 is 0 Å². The average molecular weight is 382 g/mol. The maximum absolute atomic E-state index is 12.3. The molecule has 1 N–H and O–H groups in total. The van der Waals surface area contributed by atoms with Gasteiger partial charge in [0.1, 0.15) is 5.75 Å². The van der Waals surface area contributed by atoms with Crippen molar-refractivity contribution in [3.05, 3.63) is 54.1 Å². The zero-order valence-electron chi connectivity index (χ0n) is 17.1. The first-order valence-electron chi connectivity index (χ1n) is 10.1. The lowest BCUT2D eigenvalue weighted by atomic mass is 10.2. The number of rotatable bonds is 7. The molecular formula is C23H31N3O2. The molecule has 0 bridgehead atoms. The maximum Gasteiger partial charge on any atom is 0.225 e. The number of ether oxygens (including phenoxy) is 1. The molecular weight excluding hydrogens is 350 g/mol. The van der Waals surface area contributed by atoms with E-state index in [0.29, 0.717) is 6.42 Å². The number of amides is 1. The van der Waals surface area contributed by atoms with E-state index in [0.717, 1.165) is 44.2 Å². The van der Waals surface area contributed by atoms with Gasteiger partial charge in [-0.3, -0.25) is 9.69 Å². The monoisotopic (exact) mass is 381 g/mol. The Hall–Kier alpha value is -2.53. The van der Waals surface area contributed by atoms with Crippen molar-refractivity contribution >= 4 is 17.3 Å². The molecule has 1 aliphatic rings. The van der Waals surface area contributed by atoms with Crippen molar-refractivity contribution in [1.29, 1.82) is 0 Å². The first-order chi connectivity index (χ1) is 13.5. The highest BCUT2D eigenvalue weighted by Gasteiger charge is 2.18. The highest BCUT2D eigenvalue weighted by molar-refractivity contribution is 5.90. The van der Waals surface area contributed by atoms with Crippen LogP contribution in [-0.4, -0.2) is 49.6 Å². The molecule has 1 heterocycles. The topological polar surface area (TPSA) is 44.8 Å². The second-order valence-corrected chi connectivity index (χ2v) is 7.66. The molecule has 2 aromatic rings. The van der Waals surface area contributed by atoms with Crippen LogP contribution in [0.5, 0.6) is 5.75 Å². The number of nitrogens with zero attached hydrogens (tertiary/aromatic N) is 2. The van der Waals surface area contributed by atoms with Crippen LogP contribution in [0, 0.1) is 6.92 Å². The number of benzene rings is 2. The Morgan fingerprint density at radius 2 is 1.79 bits per heavy atom. The van der Waals surface area contributed by atoms with Crippen LogP contribution < -0.4 is 15.0 Å². The maximum atomic E-state index is 12.3. The number of hydrogen-bond acceptors (Lipinski definition) is 4. The van der Waals surface area contributed by atoms with E-state index >= 15 is 0 Å². The molecule has 5 heteroatoms. The van der Waals surface area contributed by atoms with E-state index in [2.05, 4.69) is 46.3 Å². The Labute approximate surface area is 168 Å². The van der Waals surface area contributed by atoms with Crippen molar-refractivity contribution in [2.75, 3.05) is 42.9 Å². The molecule has 1 saturated heterocycles. The van der Waals surface area contributed by atoms with E-state index in [4.69, 9.17) is 4.74 Å². The van der Waals surface area contributed by atoms with E-state index in [1.54, 1.807) is 0 Å². The number of carbonyl (C=O) groups excluding carboxylic acids is 1. The van der Waals surface area contributed by atoms with Gasteiger partial charge in [0.25, 0.3) is 0 Å². The Balaban J connectivity index is 1.39. The van der Waals surface area contributed by atoms with E-state index < -0.39 is 0 Å². The Morgan fingerprint density at radius 3 is 2.43 bits per heavy atom. The summed E-state index contributed by atoms with van der Waals surface area (Å²) in [5.74, 6) is 0.873. The molecule has 0 spiro atoms. The largest absolute Gasteiger partial charge is 0.491 e. The third-order valence-electron chi connectivity index (χ3n) is 4.90. The number of hydrogen-bond donors (Lipinski definition) is 1. The van der Waals surface area contributed by atoms with Gasteiger partial charge in [0.2, 0.25) is 5.91 Å². The quantitative estimate of drug-likeness (QED) is 0.789. The number of aryl methyl sites for hydroxylation is 1. The highest BCUT2D eigenvalue weighted by atomic mass is 16.5. The fraction of sp³-hybridized carbons (Fsp3) is 0.435. The summed E-state index contributed by atoms with van der Waals surface area (Å²) in [5.41, 5.74) is 3.40. The van der Waals surface area contributed by atoms with Crippen LogP contribution in [0.15, 0.2) is 48.5 Å². The minimum Gasteiger partial charge on any atom is -0.491 e. The summed E-state index contributed by atoms with van der Waals surface area (Å²) in [6, 6.07) is 16.2. The van der Waals surface area contributed by atoms with Gasteiger partial charge in [-0.05, 0) is 62.7 Å². The normalized spacial score (nSPS) is 14.9. The molecule has 1 fully saturated rings. The van der Waals surface area contributed by atoms with Crippen LogP contribution in [0.4, 0.5) is 11.4 Å². The van der Waals surface area contributed by atoms with Crippen molar-refractivity contribution in [2.45, 2.75) is 33.3 Å². The molecule has 3 rings (SSSR count). The zero-order chi connectivity index (χ0) is 19.9. The fourth-order valence-corrected chi connectivity index (χ4v) is 3.43. The van der Waals surface area contributed by atoms with Gasteiger partial charge in [0, 0.05) is 50.5 Å². The van der Waals surface area contributed by atoms with Gasteiger partial charge < -0.3 is 15.0 Å². The third-order valence-corrected chi connectivity index (χ3v) is 4.90. The van der Waals surface area contributed by atoms with Gasteiger partial charge in [-0.15, -0.1) is 0 Å². The third kappa shape index (κ3) is 5.99. The zero-order valence-corrected chi connectivity index (χ0v) is 17.1. The van der Waals surface area contributed by atoms with Crippen molar-refractivity contribution < 1.29 is 9.53 Å². The van der Waals surface area contributed by atoms with Crippen LogP contribution in [0.1, 0.15) is 25.8 Å². The first kappa shape index (κ1) is 20.2. The van der Waals surface area contributed by atoms with Crippen LogP contribution in [0.3, 0.4) is 0 Å². The van der Waals surface area contributed by atoms with E-state index in [-0.39, 0.29) is 12.0 Å². The lowest BCUT2D eigenvalue weighted by Crippen LogP contribution is -2.47. The summed E-state index contributed by atoms with van der Waals surface area (Å²) in [6.07, 6.45) is 0.654. The minimum atomic E-state index is 0.0543. The average Bonchev–Trinajstić information content (AvgIpc) is 2.68. The van der Waals surface area contributed by atoms with Crippen LogP contribution >= 0.6 is 0 Å². The molecule has 28 heavy (non-hydrogen) atoms. The summed E-state index contributed by atoms with van der Waals surface area (Å²) in [5, 5.41) is 2.97. The molecule has 0 atom stereocenters. The van der Waals surface area contributed by atoms with Crippen LogP contribution in [0.25, 0.3) is 0 Å². The van der Waals surface area contributed by atoms with Gasteiger partial charge in [-0.1, -0.05) is 12.1 Å². The van der Waals surface area contributed by atoms with E-state index in [1.165, 1.54) is 11.3 Å². The van der Waals surface area contributed by atoms with Gasteiger partial charge in [-0.2, -0.15) is 0 Å². The second kappa shape index (κ2) is 9.60. The first-order valence-corrected chi connectivity index (χ1v) is 10.1. The summed E-state index contributed by atoms with van der Waals surface area (Å²) in [4.78, 5) is 17.0. The minimum absolute atomic E-state index is 0.0543. The molecule has 0 unspecified atom stereocenters. The molecule has 0 aromatic heterocycles. The predicted molar refractivity (Wildman–Crippen MR) is 115 cm³/mol. The number of nitrogens with one attached hydrogen (secondary N) is 1. The summed E-state index contributed by atoms with van der Waals surface area (Å²) < 4.78 is 5.62. The van der Waals surface area contributed by atoms with Gasteiger partial charge in [0.05, 0.1) is 6.10 Å². The number of carbonyl (C=O) groups is 1. The molecule has 150 valence electrons. The lowest BCUT2D eigenvalue weighted by molar-refractivity contribution is -0.116. The Kier molecular flexibility index (Phi) is 6.93. The van der Waals surface area contributed by atoms with Gasteiger partial charge in [0.15, 0.2) is 0 Å². The van der Waals surface area contributed by atoms with Crippen molar-refractivity contribution in [3.8, 4) is 5.75 Å². The molecule has 0 saturated carbocycles. The van der Waals surface area contributed by atoms with E-state index in [9.17, 15) is 4.79 Å². The van der Waals surface area contributed by atoms with Crippen molar-refractivity contribution in [1.82, 2.24) is 4.90 Å². The smallest absolute Gasteiger partial charge is 0.225 e. The Bertz CT molecular complexity index is 766. The molecule has 0 radical (unpaired) electrons. The van der Waals surface area contributed by atoms with Crippen molar-refractivity contribution in [3.63, 3.8) is 0 Å². The van der Waals surface area contributed by atoms with E-state index in [1.807, 2.05) is 38.1 Å². The van der Waals surface area contributed by atoms with Crippen molar-refractivity contribution in [2.24, 2.45) is 0 Å². The summed E-state index contributed by atoms with van der Waals surface area (Å²) in [6.45, 7) is 10.9. The molecule has 5 nitrogen and oxygen atoms in total. The fourth-order valence-electron chi connectivity index (χ4n) is 3.43. The predicted octanol–water partition coefficient (Wildman–Crippen LogP) is 3.93. The lowest BCUT2D eigenvalue weighted by Gasteiger charge is -2.36. The molecule has 2 aromatic carbocycles. The number of piperazine rings is 1. The molecule has 1 amide bonds. The van der Waals surface area contributed by atoms with Crippen LogP contribution in [0.2, 0.25) is 0 Å². The molecule has 0 aliphatic carbocycles. The molecule has 1 aliphatic heterocycles. The second-order valence-electron chi connectivity index (χ2n) is 7.66.